The second kappa shape index (κ2) is 7.78. The Kier molecular flexibility index (Phi) is 6.03. The van der Waals surface area contributed by atoms with Gasteiger partial charge < -0.3 is 10.6 Å². The van der Waals surface area contributed by atoms with Gasteiger partial charge in [0.1, 0.15) is 0 Å². The summed E-state index contributed by atoms with van der Waals surface area (Å²) < 4.78 is 0. The van der Waals surface area contributed by atoms with Gasteiger partial charge >= 0.3 is 0 Å². The number of rotatable bonds is 5. The lowest BCUT2D eigenvalue weighted by Crippen LogP contribution is -2.47. The highest BCUT2D eigenvalue weighted by molar-refractivity contribution is 6.31. The molecule has 0 aliphatic carbocycles. The van der Waals surface area contributed by atoms with E-state index in [2.05, 4.69) is 15.5 Å². The molecule has 2 rings (SSSR count). The van der Waals surface area contributed by atoms with Gasteiger partial charge in [0, 0.05) is 23.3 Å². The molecule has 1 atom stereocenters. The topological polar surface area (TPSA) is 44.4 Å². The highest BCUT2D eigenvalue weighted by Crippen LogP contribution is 2.20. The van der Waals surface area contributed by atoms with Crippen LogP contribution >= 0.6 is 11.6 Å². The number of carbonyl (C=O) groups excluding carboxylic acids is 1. The molecule has 1 aliphatic rings. The maximum atomic E-state index is 12.2. The minimum Gasteiger partial charge on any atom is -0.325 e. The van der Waals surface area contributed by atoms with Gasteiger partial charge in [0.05, 0.1) is 6.54 Å². The van der Waals surface area contributed by atoms with Gasteiger partial charge in [0.15, 0.2) is 0 Å². The molecule has 1 fully saturated rings. The average Bonchev–Trinajstić information content (AvgIpc) is 2.45. The molecule has 4 nitrogen and oxygen atoms in total. The van der Waals surface area contributed by atoms with E-state index in [4.69, 9.17) is 11.6 Å². The van der Waals surface area contributed by atoms with E-state index in [1.165, 1.54) is 12.8 Å². The third-order valence-electron chi connectivity index (χ3n) is 3.99. The SMILES string of the molecule is CNCC1CCCCN1CC(=O)Nc1ccc(C)c(Cl)c1. The molecular formula is C16H24ClN3O. The van der Waals surface area contributed by atoms with Crippen LogP contribution in [0.4, 0.5) is 5.69 Å². The number of hydrogen-bond acceptors (Lipinski definition) is 3. The number of anilines is 1. The molecule has 0 aromatic heterocycles. The van der Waals surface area contributed by atoms with Crippen molar-refractivity contribution >= 4 is 23.2 Å². The minimum absolute atomic E-state index is 0.0259. The van der Waals surface area contributed by atoms with E-state index in [0.717, 1.165) is 30.8 Å². The fourth-order valence-electron chi connectivity index (χ4n) is 2.79. The Hall–Kier alpha value is -1.10. The van der Waals surface area contributed by atoms with E-state index in [-0.39, 0.29) is 5.91 Å². The van der Waals surface area contributed by atoms with Crippen LogP contribution in [0.5, 0.6) is 0 Å². The summed E-state index contributed by atoms with van der Waals surface area (Å²) >= 11 is 6.08. The molecule has 1 heterocycles. The Balaban J connectivity index is 1.92. The molecule has 116 valence electrons. The van der Waals surface area contributed by atoms with Gasteiger partial charge in [-0.15, -0.1) is 0 Å². The number of piperidine rings is 1. The van der Waals surface area contributed by atoms with E-state index in [1.54, 1.807) is 6.07 Å². The molecule has 0 spiro atoms. The van der Waals surface area contributed by atoms with Crippen LogP contribution in [0.1, 0.15) is 24.8 Å². The first kappa shape index (κ1) is 16.3. The second-order valence-corrected chi connectivity index (χ2v) is 6.10. The van der Waals surface area contributed by atoms with Gasteiger partial charge in [-0.05, 0) is 51.1 Å². The van der Waals surface area contributed by atoms with E-state index in [0.29, 0.717) is 17.6 Å². The molecule has 0 saturated carbocycles. The predicted octanol–water partition coefficient (Wildman–Crippen LogP) is 2.66. The summed E-state index contributed by atoms with van der Waals surface area (Å²) in [5, 5.41) is 6.83. The summed E-state index contributed by atoms with van der Waals surface area (Å²) in [5.41, 5.74) is 1.78. The zero-order chi connectivity index (χ0) is 15.2. The van der Waals surface area contributed by atoms with E-state index in [9.17, 15) is 4.79 Å². The number of likely N-dealkylation sites (tertiary alicyclic amines) is 1. The van der Waals surface area contributed by atoms with E-state index >= 15 is 0 Å². The quantitative estimate of drug-likeness (QED) is 0.879. The van der Waals surface area contributed by atoms with Crippen molar-refractivity contribution in [1.82, 2.24) is 10.2 Å². The van der Waals surface area contributed by atoms with Crippen molar-refractivity contribution < 1.29 is 4.79 Å². The van der Waals surface area contributed by atoms with Crippen molar-refractivity contribution in [2.75, 3.05) is 32.0 Å². The zero-order valence-electron chi connectivity index (χ0n) is 12.8. The van der Waals surface area contributed by atoms with Crippen molar-refractivity contribution in [2.45, 2.75) is 32.2 Å². The monoisotopic (exact) mass is 309 g/mol. The molecule has 1 aromatic carbocycles. The Morgan fingerprint density at radius 3 is 2.95 bits per heavy atom. The Morgan fingerprint density at radius 2 is 2.24 bits per heavy atom. The number of hydrogen-bond donors (Lipinski definition) is 2. The Morgan fingerprint density at radius 1 is 1.43 bits per heavy atom. The molecule has 0 radical (unpaired) electrons. The number of likely N-dealkylation sites (N-methyl/N-ethyl adjacent to an activating group) is 1. The highest BCUT2D eigenvalue weighted by atomic mass is 35.5. The summed E-state index contributed by atoms with van der Waals surface area (Å²) in [7, 11) is 1.96. The normalized spacial score (nSPS) is 19.5. The lowest BCUT2D eigenvalue weighted by Gasteiger charge is -2.35. The average molecular weight is 310 g/mol. The molecule has 1 aliphatic heterocycles. The number of nitrogens with zero attached hydrogens (tertiary/aromatic N) is 1. The smallest absolute Gasteiger partial charge is 0.238 e. The highest BCUT2D eigenvalue weighted by Gasteiger charge is 2.23. The maximum absolute atomic E-state index is 12.2. The molecular weight excluding hydrogens is 286 g/mol. The molecule has 1 unspecified atom stereocenters. The van der Waals surface area contributed by atoms with Gasteiger partial charge in [0.25, 0.3) is 0 Å². The molecule has 1 saturated heterocycles. The van der Waals surface area contributed by atoms with Crippen molar-refractivity contribution in [1.29, 1.82) is 0 Å². The molecule has 0 bridgehead atoms. The van der Waals surface area contributed by atoms with Gasteiger partial charge in [-0.1, -0.05) is 24.1 Å². The number of amides is 1. The zero-order valence-corrected chi connectivity index (χ0v) is 13.5. The first-order chi connectivity index (χ1) is 10.1. The molecule has 1 aromatic rings. The van der Waals surface area contributed by atoms with Crippen LogP contribution in [0, 0.1) is 6.92 Å². The minimum atomic E-state index is 0.0259. The molecule has 5 heteroatoms. The first-order valence-corrected chi connectivity index (χ1v) is 7.92. The summed E-state index contributed by atoms with van der Waals surface area (Å²) in [6.07, 6.45) is 3.58. The van der Waals surface area contributed by atoms with Crippen LogP contribution in [-0.2, 0) is 4.79 Å². The van der Waals surface area contributed by atoms with Crippen LogP contribution in [0.2, 0.25) is 5.02 Å². The second-order valence-electron chi connectivity index (χ2n) is 5.69. The maximum Gasteiger partial charge on any atom is 0.238 e. The molecule has 2 N–H and O–H groups in total. The van der Waals surface area contributed by atoms with Crippen molar-refractivity contribution in [3.63, 3.8) is 0 Å². The van der Waals surface area contributed by atoms with Crippen molar-refractivity contribution in [2.24, 2.45) is 0 Å². The van der Waals surface area contributed by atoms with Gasteiger partial charge in [-0.3, -0.25) is 9.69 Å². The van der Waals surface area contributed by atoms with E-state index in [1.807, 2.05) is 26.1 Å². The predicted molar refractivity (Wildman–Crippen MR) is 88.0 cm³/mol. The van der Waals surface area contributed by atoms with Gasteiger partial charge in [0.2, 0.25) is 5.91 Å². The first-order valence-electron chi connectivity index (χ1n) is 7.55. The number of nitrogens with one attached hydrogen (secondary N) is 2. The number of benzene rings is 1. The Labute approximate surface area is 131 Å². The summed E-state index contributed by atoms with van der Waals surface area (Å²) in [6.45, 7) is 4.32. The summed E-state index contributed by atoms with van der Waals surface area (Å²) in [4.78, 5) is 14.5. The van der Waals surface area contributed by atoms with Crippen LogP contribution in [0.25, 0.3) is 0 Å². The number of carbonyl (C=O) groups is 1. The van der Waals surface area contributed by atoms with Crippen LogP contribution in [-0.4, -0.2) is 43.5 Å². The van der Waals surface area contributed by atoms with Crippen molar-refractivity contribution in [3.8, 4) is 0 Å². The summed E-state index contributed by atoms with van der Waals surface area (Å²) in [6, 6.07) is 6.06. The molecule has 1 amide bonds. The van der Waals surface area contributed by atoms with Gasteiger partial charge in [-0.2, -0.15) is 0 Å². The van der Waals surface area contributed by atoms with Crippen LogP contribution in [0.15, 0.2) is 18.2 Å². The third-order valence-corrected chi connectivity index (χ3v) is 4.40. The third kappa shape index (κ3) is 4.70. The van der Waals surface area contributed by atoms with Gasteiger partial charge in [-0.25, -0.2) is 0 Å². The van der Waals surface area contributed by atoms with Crippen LogP contribution < -0.4 is 10.6 Å². The Bertz CT molecular complexity index is 490. The fraction of sp³-hybridized carbons (Fsp3) is 0.562. The number of halogens is 1. The largest absolute Gasteiger partial charge is 0.325 e. The lowest BCUT2D eigenvalue weighted by atomic mass is 10.0. The summed E-state index contributed by atoms with van der Waals surface area (Å²) in [5.74, 6) is 0.0259. The molecule has 21 heavy (non-hydrogen) atoms. The van der Waals surface area contributed by atoms with Crippen molar-refractivity contribution in [3.05, 3.63) is 28.8 Å². The van der Waals surface area contributed by atoms with Crippen LogP contribution in [0.3, 0.4) is 0 Å². The van der Waals surface area contributed by atoms with E-state index < -0.39 is 0 Å². The fourth-order valence-corrected chi connectivity index (χ4v) is 2.97. The number of aryl methyl sites for hydroxylation is 1. The standard InChI is InChI=1S/C16H24ClN3O/c1-12-6-7-13(9-15(12)17)19-16(21)11-20-8-4-3-5-14(20)10-18-2/h6-7,9,14,18H,3-5,8,10-11H2,1-2H3,(H,19,21). The lowest BCUT2D eigenvalue weighted by molar-refractivity contribution is -0.118.